The number of hydrogen-bond acceptors (Lipinski definition) is 3. The minimum absolute atomic E-state index is 0.130. The van der Waals surface area contributed by atoms with Gasteiger partial charge in [-0.25, -0.2) is 14.1 Å². The molecule has 3 rings (SSSR count). The predicted octanol–water partition coefficient (Wildman–Crippen LogP) is 3.16. The van der Waals surface area contributed by atoms with Crippen molar-refractivity contribution < 1.29 is 9.18 Å². The summed E-state index contributed by atoms with van der Waals surface area (Å²) in [6.07, 6.45) is 3.11. The Morgan fingerprint density at radius 2 is 2.00 bits per heavy atom. The SMILES string of the molecule is O=C(NCc1cc(Br)ccc1F)c1ccc(Cn2cncn2)cc1. The molecule has 0 radical (unpaired) electrons. The largest absolute Gasteiger partial charge is 0.348 e. The second-order valence-corrected chi connectivity index (χ2v) is 6.12. The summed E-state index contributed by atoms with van der Waals surface area (Å²) in [5.74, 6) is -0.594. The molecule has 7 heteroatoms. The first-order valence-electron chi connectivity index (χ1n) is 7.25. The van der Waals surface area contributed by atoms with Gasteiger partial charge in [0.05, 0.1) is 6.54 Å². The maximum atomic E-state index is 13.7. The smallest absolute Gasteiger partial charge is 0.251 e. The maximum absolute atomic E-state index is 13.7. The number of amides is 1. The van der Waals surface area contributed by atoms with E-state index in [-0.39, 0.29) is 18.3 Å². The van der Waals surface area contributed by atoms with Gasteiger partial charge in [0.15, 0.2) is 0 Å². The molecule has 1 amide bonds. The zero-order valence-corrected chi connectivity index (χ0v) is 14.2. The van der Waals surface area contributed by atoms with Crippen LogP contribution in [0.4, 0.5) is 4.39 Å². The van der Waals surface area contributed by atoms with Crippen molar-refractivity contribution in [1.29, 1.82) is 0 Å². The summed E-state index contributed by atoms with van der Waals surface area (Å²) in [5.41, 5.74) is 1.96. The van der Waals surface area contributed by atoms with E-state index in [1.54, 1.807) is 35.3 Å². The number of nitrogens with zero attached hydrogens (tertiary/aromatic N) is 3. The molecule has 1 heterocycles. The van der Waals surface area contributed by atoms with Gasteiger partial charge in [0.1, 0.15) is 18.5 Å². The Morgan fingerprint density at radius 3 is 2.71 bits per heavy atom. The third-order valence-corrected chi connectivity index (χ3v) is 3.97. The number of aromatic nitrogens is 3. The fourth-order valence-electron chi connectivity index (χ4n) is 2.22. The summed E-state index contributed by atoms with van der Waals surface area (Å²) in [5, 5.41) is 6.76. The molecule has 3 aromatic rings. The van der Waals surface area contributed by atoms with Gasteiger partial charge < -0.3 is 5.32 Å². The summed E-state index contributed by atoms with van der Waals surface area (Å²) < 4.78 is 16.1. The van der Waals surface area contributed by atoms with Crippen LogP contribution in [0.15, 0.2) is 59.6 Å². The van der Waals surface area contributed by atoms with Crippen LogP contribution in [0.1, 0.15) is 21.5 Å². The first-order valence-corrected chi connectivity index (χ1v) is 8.04. The molecule has 0 spiro atoms. The van der Waals surface area contributed by atoms with Gasteiger partial charge >= 0.3 is 0 Å². The standard InChI is InChI=1S/C17H14BrFN4O/c18-15-5-6-16(19)14(7-15)8-21-17(24)13-3-1-12(2-4-13)9-23-11-20-10-22-23/h1-7,10-11H,8-9H2,(H,21,24). The van der Waals surface area contributed by atoms with Crippen molar-refractivity contribution in [1.82, 2.24) is 20.1 Å². The number of rotatable bonds is 5. The van der Waals surface area contributed by atoms with Gasteiger partial charge in [-0.3, -0.25) is 4.79 Å². The molecule has 0 atom stereocenters. The molecule has 0 saturated carbocycles. The van der Waals surface area contributed by atoms with E-state index in [4.69, 9.17) is 0 Å². The molecular weight excluding hydrogens is 375 g/mol. The first kappa shape index (κ1) is 16.3. The molecule has 0 saturated heterocycles. The average Bonchev–Trinajstić information content (AvgIpc) is 3.09. The quantitative estimate of drug-likeness (QED) is 0.730. The third-order valence-electron chi connectivity index (χ3n) is 3.47. The van der Waals surface area contributed by atoms with Crippen molar-refractivity contribution in [3.63, 3.8) is 0 Å². The maximum Gasteiger partial charge on any atom is 0.251 e. The lowest BCUT2D eigenvalue weighted by Crippen LogP contribution is -2.23. The Labute approximate surface area is 146 Å². The molecule has 0 fully saturated rings. The number of benzene rings is 2. The lowest BCUT2D eigenvalue weighted by molar-refractivity contribution is 0.0950. The summed E-state index contributed by atoms with van der Waals surface area (Å²) in [7, 11) is 0. The monoisotopic (exact) mass is 388 g/mol. The Kier molecular flexibility index (Phi) is 5.00. The minimum Gasteiger partial charge on any atom is -0.348 e. The van der Waals surface area contributed by atoms with Gasteiger partial charge in [0.25, 0.3) is 5.91 Å². The van der Waals surface area contributed by atoms with E-state index in [9.17, 15) is 9.18 Å². The third kappa shape index (κ3) is 4.05. The van der Waals surface area contributed by atoms with E-state index in [2.05, 4.69) is 31.3 Å². The van der Waals surface area contributed by atoms with Gasteiger partial charge in [-0.2, -0.15) is 5.10 Å². The molecule has 5 nitrogen and oxygen atoms in total. The van der Waals surface area contributed by atoms with Crippen molar-refractivity contribution in [3.05, 3.63) is 82.1 Å². The highest BCUT2D eigenvalue weighted by molar-refractivity contribution is 9.10. The fraction of sp³-hybridized carbons (Fsp3) is 0.118. The summed E-state index contributed by atoms with van der Waals surface area (Å²) in [6.45, 7) is 0.718. The average molecular weight is 389 g/mol. The van der Waals surface area contributed by atoms with Crippen molar-refractivity contribution >= 4 is 21.8 Å². The molecule has 0 aliphatic heterocycles. The Bertz CT molecular complexity index is 834. The molecule has 1 aromatic heterocycles. The summed E-state index contributed by atoms with van der Waals surface area (Å²) >= 11 is 3.29. The second-order valence-electron chi connectivity index (χ2n) is 5.21. The number of carbonyl (C=O) groups excluding carboxylic acids is 1. The van der Waals surface area contributed by atoms with E-state index in [0.717, 1.165) is 10.0 Å². The second kappa shape index (κ2) is 7.35. The van der Waals surface area contributed by atoms with Crippen LogP contribution in [0.25, 0.3) is 0 Å². The zero-order valence-electron chi connectivity index (χ0n) is 12.6. The molecule has 1 N–H and O–H groups in total. The highest BCUT2D eigenvalue weighted by Crippen LogP contribution is 2.15. The summed E-state index contributed by atoms with van der Waals surface area (Å²) in [4.78, 5) is 16.1. The van der Waals surface area contributed by atoms with E-state index in [0.29, 0.717) is 17.7 Å². The zero-order chi connectivity index (χ0) is 16.9. The van der Waals surface area contributed by atoms with Gasteiger partial charge in [-0.1, -0.05) is 28.1 Å². The summed E-state index contributed by atoms with van der Waals surface area (Å²) in [6, 6.07) is 11.8. The van der Waals surface area contributed by atoms with Crippen molar-refractivity contribution in [2.24, 2.45) is 0 Å². The van der Waals surface area contributed by atoms with Crippen LogP contribution in [0.2, 0.25) is 0 Å². The van der Waals surface area contributed by atoms with Crippen LogP contribution in [-0.2, 0) is 13.1 Å². The van der Waals surface area contributed by atoms with Crippen molar-refractivity contribution in [2.45, 2.75) is 13.1 Å². The van der Waals surface area contributed by atoms with Crippen molar-refractivity contribution in [2.75, 3.05) is 0 Å². The predicted molar refractivity (Wildman–Crippen MR) is 90.8 cm³/mol. The van der Waals surface area contributed by atoms with E-state index >= 15 is 0 Å². The Balaban J connectivity index is 1.61. The molecule has 2 aromatic carbocycles. The first-order chi connectivity index (χ1) is 11.6. The molecule has 0 bridgehead atoms. The Morgan fingerprint density at radius 1 is 1.21 bits per heavy atom. The minimum atomic E-state index is -0.346. The highest BCUT2D eigenvalue weighted by atomic mass is 79.9. The molecule has 0 aliphatic rings. The van der Waals surface area contributed by atoms with Gasteiger partial charge in [-0.15, -0.1) is 0 Å². The number of carbonyl (C=O) groups is 1. The van der Waals surface area contributed by atoms with Gasteiger partial charge in [0, 0.05) is 22.1 Å². The molecule has 0 unspecified atom stereocenters. The lowest BCUT2D eigenvalue weighted by atomic mass is 10.1. The molecule has 122 valence electrons. The van der Waals surface area contributed by atoms with Gasteiger partial charge in [0.2, 0.25) is 0 Å². The van der Waals surface area contributed by atoms with E-state index in [1.807, 2.05) is 12.1 Å². The number of hydrogen-bond donors (Lipinski definition) is 1. The van der Waals surface area contributed by atoms with E-state index < -0.39 is 0 Å². The van der Waals surface area contributed by atoms with Crippen LogP contribution in [0.3, 0.4) is 0 Å². The highest BCUT2D eigenvalue weighted by Gasteiger charge is 2.08. The molecular formula is C17H14BrFN4O. The topological polar surface area (TPSA) is 59.8 Å². The van der Waals surface area contributed by atoms with Crippen LogP contribution in [-0.4, -0.2) is 20.7 Å². The lowest BCUT2D eigenvalue weighted by Gasteiger charge is -2.08. The molecule has 0 aliphatic carbocycles. The number of nitrogens with one attached hydrogen (secondary N) is 1. The van der Waals surface area contributed by atoms with Crippen LogP contribution in [0.5, 0.6) is 0 Å². The van der Waals surface area contributed by atoms with Crippen LogP contribution in [0, 0.1) is 5.82 Å². The fourth-order valence-corrected chi connectivity index (χ4v) is 2.63. The molecule has 24 heavy (non-hydrogen) atoms. The van der Waals surface area contributed by atoms with Crippen molar-refractivity contribution in [3.8, 4) is 0 Å². The Hall–Kier alpha value is -2.54. The normalized spacial score (nSPS) is 10.6. The van der Waals surface area contributed by atoms with E-state index in [1.165, 1.54) is 12.4 Å². The van der Waals surface area contributed by atoms with Gasteiger partial charge in [-0.05, 0) is 35.9 Å². The number of halogens is 2. The van der Waals surface area contributed by atoms with Crippen LogP contribution < -0.4 is 5.32 Å². The van der Waals surface area contributed by atoms with Crippen LogP contribution >= 0.6 is 15.9 Å².